The molecule has 1 heterocycles. The molecule has 1 aromatic rings. The van der Waals surface area contributed by atoms with E-state index >= 15 is 0 Å². The second-order valence-electron chi connectivity index (χ2n) is 5.57. The van der Waals surface area contributed by atoms with Gasteiger partial charge in [0.2, 0.25) is 10.0 Å². The zero-order valence-electron chi connectivity index (χ0n) is 11.5. The Morgan fingerprint density at radius 2 is 1.65 bits per heavy atom. The number of piperidine rings is 1. The quantitative estimate of drug-likeness (QED) is 0.806. The molecule has 2 atom stereocenters. The van der Waals surface area contributed by atoms with Crippen molar-refractivity contribution < 1.29 is 13.2 Å². The lowest BCUT2D eigenvalue weighted by atomic mass is 9.94. The van der Waals surface area contributed by atoms with Gasteiger partial charge in [-0.25, -0.2) is 8.42 Å². The van der Waals surface area contributed by atoms with Crippen LogP contribution in [-0.4, -0.2) is 31.1 Å². The van der Waals surface area contributed by atoms with Crippen LogP contribution < -0.4 is 0 Å². The number of nitrogens with zero attached hydrogens (tertiary/aromatic N) is 1. The highest BCUT2D eigenvalue weighted by atomic mass is 35.5. The third kappa shape index (κ3) is 3.22. The molecule has 0 aliphatic carbocycles. The molecule has 0 saturated carbocycles. The van der Waals surface area contributed by atoms with Crippen LogP contribution in [0.2, 0.25) is 0 Å². The van der Waals surface area contributed by atoms with Gasteiger partial charge in [-0.05, 0) is 54.1 Å². The third-order valence-electron chi connectivity index (χ3n) is 3.55. The molecule has 20 heavy (non-hydrogen) atoms. The van der Waals surface area contributed by atoms with Gasteiger partial charge in [-0.15, -0.1) is 0 Å². The van der Waals surface area contributed by atoms with E-state index in [1.807, 2.05) is 0 Å². The number of benzene rings is 1. The second kappa shape index (κ2) is 5.84. The standard InChI is InChI=1S/C14H18ClNO3S/c1-10-7-11(2)9-16(8-10)20(18,19)13-5-3-12(4-6-13)14(15)17/h3-6,10-11H,7-9H2,1-2H3/t10-,11+. The number of sulfonamides is 1. The van der Waals surface area contributed by atoms with Gasteiger partial charge in [-0.2, -0.15) is 4.31 Å². The molecule has 0 unspecified atom stereocenters. The lowest BCUT2D eigenvalue weighted by molar-refractivity contribution is 0.108. The number of hydrogen-bond acceptors (Lipinski definition) is 3. The Bertz CT molecular complexity index is 587. The zero-order valence-corrected chi connectivity index (χ0v) is 13.1. The molecule has 6 heteroatoms. The minimum Gasteiger partial charge on any atom is -0.276 e. The predicted molar refractivity (Wildman–Crippen MR) is 78.3 cm³/mol. The van der Waals surface area contributed by atoms with Crippen molar-refractivity contribution >= 4 is 26.9 Å². The molecule has 1 aromatic carbocycles. The van der Waals surface area contributed by atoms with Crippen LogP contribution in [0.3, 0.4) is 0 Å². The fourth-order valence-corrected chi connectivity index (χ4v) is 4.51. The van der Waals surface area contributed by atoms with Crippen molar-refractivity contribution in [2.24, 2.45) is 11.8 Å². The summed E-state index contributed by atoms with van der Waals surface area (Å²) >= 11 is 5.36. The fraction of sp³-hybridized carbons (Fsp3) is 0.500. The number of carbonyl (C=O) groups is 1. The second-order valence-corrected chi connectivity index (χ2v) is 7.85. The van der Waals surface area contributed by atoms with E-state index in [0.717, 1.165) is 6.42 Å². The van der Waals surface area contributed by atoms with E-state index in [9.17, 15) is 13.2 Å². The molecular weight excluding hydrogens is 298 g/mol. The lowest BCUT2D eigenvalue weighted by Crippen LogP contribution is -2.42. The average Bonchev–Trinajstić information content (AvgIpc) is 2.37. The number of hydrogen-bond donors (Lipinski definition) is 0. The molecule has 0 spiro atoms. The summed E-state index contributed by atoms with van der Waals surface area (Å²) in [7, 11) is -3.49. The zero-order chi connectivity index (χ0) is 14.9. The Labute approximate surface area is 124 Å². The van der Waals surface area contributed by atoms with Crippen molar-refractivity contribution in [2.75, 3.05) is 13.1 Å². The predicted octanol–water partition coefficient (Wildman–Crippen LogP) is 2.73. The van der Waals surface area contributed by atoms with Crippen LogP contribution in [0.25, 0.3) is 0 Å². The van der Waals surface area contributed by atoms with E-state index in [1.54, 1.807) is 0 Å². The Hall–Kier alpha value is -0.910. The summed E-state index contributed by atoms with van der Waals surface area (Å²) in [5, 5.41) is -0.589. The summed E-state index contributed by atoms with van der Waals surface area (Å²) in [6.45, 7) is 5.21. The Morgan fingerprint density at radius 3 is 2.10 bits per heavy atom. The highest BCUT2D eigenvalue weighted by Crippen LogP contribution is 2.26. The van der Waals surface area contributed by atoms with Crippen molar-refractivity contribution in [3.8, 4) is 0 Å². The first kappa shape index (κ1) is 15.5. The number of rotatable bonds is 3. The summed E-state index contributed by atoms with van der Waals surface area (Å²) in [5.74, 6) is 0.717. The van der Waals surface area contributed by atoms with E-state index in [-0.39, 0.29) is 4.90 Å². The van der Waals surface area contributed by atoms with Gasteiger partial charge in [0.1, 0.15) is 0 Å². The average molecular weight is 316 g/mol. The molecule has 0 radical (unpaired) electrons. The maximum Gasteiger partial charge on any atom is 0.252 e. The normalized spacial score (nSPS) is 24.6. The molecule has 0 N–H and O–H groups in total. The van der Waals surface area contributed by atoms with E-state index in [2.05, 4.69) is 13.8 Å². The minimum absolute atomic E-state index is 0.209. The molecule has 1 saturated heterocycles. The molecular formula is C14H18ClNO3S. The van der Waals surface area contributed by atoms with Gasteiger partial charge in [0.05, 0.1) is 4.90 Å². The van der Waals surface area contributed by atoms with Crippen molar-refractivity contribution in [1.29, 1.82) is 0 Å². The first-order chi connectivity index (χ1) is 9.30. The lowest BCUT2D eigenvalue weighted by Gasteiger charge is -2.34. The van der Waals surface area contributed by atoms with Gasteiger partial charge in [-0.1, -0.05) is 13.8 Å². The van der Waals surface area contributed by atoms with E-state index < -0.39 is 15.3 Å². The maximum absolute atomic E-state index is 12.6. The summed E-state index contributed by atoms with van der Waals surface area (Å²) in [4.78, 5) is 11.2. The van der Waals surface area contributed by atoms with Crippen LogP contribution in [-0.2, 0) is 10.0 Å². The number of carbonyl (C=O) groups excluding carboxylic acids is 1. The Kier molecular flexibility index (Phi) is 4.52. The summed E-state index contributed by atoms with van der Waals surface area (Å²) in [5.41, 5.74) is 0.297. The molecule has 1 fully saturated rings. The van der Waals surface area contributed by atoms with Crippen LogP contribution in [0, 0.1) is 11.8 Å². The Balaban J connectivity index is 2.27. The van der Waals surface area contributed by atoms with E-state index in [1.165, 1.54) is 28.6 Å². The summed E-state index contributed by atoms with van der Waals surface area (Å²) < 4.78 is 26.7. The Morgan fingerprint density at radius 1 is 1.15 bits per heavy atom. The number of halogens is 1. The van der Waals surface area contributed by atoms with E-state index in [0.29, 0.717) is 30.5 Å². The third-order valence-corrected chi connectivity index (χ3v) is 5.62. The SMILES string of the molecule is C[C@@H]1C[C@H](C)CN(S(=O)(=O)c2ccc(C(=O)Cl)cc2)C1. The molecule has 1 aliphatic rings. The van der Waals surface area contributed by atoms with Crippen molar-refractivity contribution in [1.82, 2.24) is 4.31 Å². The van der Waals surface area contributed by atoms with Crippen LogP contribution in [0.1, 0.15) is 30.6 Å². The summed E-state index contributed by atoms with van der Waals surface area (Å²) in [6.07, 6.45) is 1.05. The van der Waals surface area contributed by atoms with Gasteiger partial charge in [0.25, 0.3) is 5.24 Å². The van der Waals surface area contributed by atoms with Crippen LogP contribution in [0.15, 0.2) is 29.2 Å². The fourth-order valence-electron chi connectivity index (χ4n) is 2.71. The van der Waals surface area contributed by atoms with Gasteiger partial charge in [0, 0.05) is 18.7 Å². The monoisotopic (exact) mass is 315 g/mol. The molecule has 2 rings (SSSR count). The maximum atomic E-state index is 12.6. The first-order valence-electron chi connectivity index (χ1n) is 6.60. The van der Waals surface area contributed by atoms with Crippen molar-refractivity contribution in [3.05, 3.63) is 29.8 Å². The molecule has 4 nitrogen and oxygen atoms in total. The molecule has 110 valence electrons. The van der Waals surface area contributed by atoms with Gasteiger partial charge in [-0.3, -0.25) is 4.79 Å². The highest BCUT2D eigenvalue weighted by Gasteiger charge is 2.31. The first-order valence-corrected chi connectivity index (χ1v) is 8.42. The molecule has 0 aromatic heterocycles. The minimum atomic E-state index is -3.49. The molecule has 0 bridgehead atoms. The van der Waals surface area contributed by atoms with E-state index in [4.69, 9.17) is 11.6 Å². The molecule has 1 aliphatic heterocycles. The van der Waals surface area contributed by atoms with Gasteiger partial charge < -0.3 is 0 Å². The van der Waals surface area contributed by atoms with Gasteiger partial charge in [0.15, 0.2) is 0 Å². The summed E-state index contributed by atoms with van der Waals surface area (Å²) in [6, 6.07) is 5.77. The largest absolute Gasteiger partial charge is 0.276 e. The van der Waals surface area contributed by atoms with Crippen molar-refractivity contribution in [2.45, 2.75) is 25.2 Å². The van der Waals surface area contributed by atoms with Crippen LogP contribution in [0.4, 0.5) is 0 Å². The van der Waals surface area contributed by atoms with Crippen LogP contribution >= 0.6 is 11.6 Å². The molecule has 0 amide bonds. The van der Waals surface area contributed by atoms with Gasteiger partial charge >= 0.3 is 0 Å². The van der Waals surface area contributed by atoms with Crippen LogP contribution in [0.5, 0.6) is 0 Å². The topological polar surface area (TPSA) is 54.5 Å². The highest BCUT2D eigenvalue weighted by molar-refractivity contribution is 7.89. The smallest absolute Gasteiger partial charge is 0.252 e. The van der Waals surface area contributed by atoms with Crippen molar-refractivity contribution in [3.63, 3.8) is 0 Å².